The average Bonchev–Trinajstić information content (AvgIpc) is 2.61. The van der Waals surface area contributed by atoms with Crippen molar-refractivity contribution >= 4 is 27.4 Å². The summed E-state index contributed by atoms with van der Waals surface area (Å²) in [5, 5.41) is 5.12. The number of benzene rings is 3. The first-order chi connectivity index (χ1) is 12.3. The third-order valence-electron chi connectivity index (χ3n) is 4.00. The van der Waals surface area contributed by atoms with Crippen molar-refractivity contribution < 1.29 is 13.2 Å². The second-order valence-electron chi connectivity index (χ2n) is 5.97. The maximum Gasteiger partial charge on any atom is 0.239 e. The number of nitrogens with two attached hydrogens (primary N) is 1. The van der Waals surface area contributed by atoms with Crippen LogP contribution in [-0.2, 0) is 10.0 Å². The van der Waals surface area contributed by atoms with Gasteiger partial charge in [-0.15, -0.1) is 0 Å². The molecule has 3 aromatic rings. The summed E-state index contributed by atoms with van der Waals surface area (Å²) in [6, 6.07) is 19.2. The van der Waals surface area contributed by atoms with Crippen LogP contribution in [0.3, 0.4) is 0 Å². The molecule has 0 aliphatic rings. The van der Waals surface area contributed by atoms with Gasteiger partial charge in [0.2, 0.25) is 10.0 Å². The van der Waals surface area contributed by atoms with Crippen molar-refractivity contribution in [2.75, 3.05) is 0 Å². The normalized spacial score (nSPS) is 11.3. The van der Waals surface area contributed by atoms with Gasteiger partial charge >= 0.3 is 0 Å². The van der Waals surface area contributed by atoms with Gasteiger partial charge in [-0.25, -0.2) is 13.6 Å². The van der Waals surface area contributed by atoms with E-state index in [2.05, 4.69) is 6.07 Å². The highest BCUT2D eigenvalue weighted by Crippen LogP contribution is 2.25. The minimum atomic E-state index is -4.00. The third kappa shape index (κ3) is 3.85. The molecule has 4 nitrogen and oxygen atoms in total. The maximum absolute atomic E-state index is 12.7. The van der Waals surface area contributed by atoms with Crippen LogP contribution in [0.25, 0.3) is 11.1 Å². The topological polar surface area (TPSA) is 77.2 Å². The number of hydrogen-bond donors (Lipinski definition) is 1. The van der Waals surface area contributed by atoms with Crippen molar-refractivity contribution in [1.82, 2.24) is 0 Å². The molecule has 26 heavy (non-hydrogen) atoms. The zero-order valence-corrected chi connectivity index (χ0v) is 15.5. The molecule has 0 atom stereocenters. The smallest absolute Gasteiger partial charge is 0.239 e. The molecule has 0 saturated heterocycles. The molecular weight excluding hydrogens is 370 g/mol. The van der Waals surface area contributed by atoms with E-state index in [1.807, 2.05) is 37.3 Å². The van der Waals surface area contributed by atoms with Crippen LogP contribution in [0.2, 0.25) is 5.02 Å². The van der Waals surface area contributed by atoms with Crippen LogP contribution in [0.15, 0.2) is 71.6 Å². The van der Waals surface area contributed by atoms with Crippen LogP contribution in [-0.4, -0.2) is 14.2 Å². The molecule has 132 valence electrons. The standard InChI is InChI=1S/C20H16ClNO3S/c1-13-3-2-4-16(11-13)14-5-7-15(8-6-14)20(23)17-9-10-18(21)19(12-17)26(22,24)25/h2-12H,1H3,(H2,22,24,25). The lowest BCUT2D eigenvalue weighted by atomic mass is 9.99. The molecule has 0 unspecified atom stereocenters. The SMILES string of the molecule is Cc1cccc(-c2ccc(C(=O)c3ccc(Cl)c(S(N)(=O)=O)c3)cc2)c1. The van der Waals surface area contributed by atoms with Crippen LogP contribution < -0.4 is 5.14 Å². The summed E-state index contributed by atoms with van der Waals surface area (Å²) in [4.78, 5) is 12.4. The molecule has 0 saturated carbocycles. The number of aryl methyl sites for hydroxylation is 1. The predicted molar refractivity (Wildman–Crippen MR) is 103 cm³/mol. The minimum Gasteiger partial charge on any atom is -0.289 e. The Morgan fingerprint density at radius 3 is 2.15 bits per heavy atom. The maximum atomic E-state index is 12.7. The predicted octanol–water partition coefficient (Wildman–Crippen LogP) is 4.19. The Hall–Kier alpha value is -2.47. The second kappa shape index (κ2) is 7.03. The Morgan fingerprint density at radius 2 is 1.54 bits per heavy atom. The Bertz CT molecular complexity index is 1090. The molecule has 0 aliphatic carbocycles. The van der Waals surface area contributed by atoms with Crippen LogP contribution in [0, 0.1) is 6.92 Å². The number of hydrogen-bond acceptors (Lipinski definition) is 3. The van der Waals surface area contributed by atoms with E-state index in [0.29, 0.717) is 5.56 Å². The number of carbonyl (C=O) groups is 1. The van der Waals surface area contributed by atoms with Crippen molar-refractivity contribution in [3.63, 3.8) is 0 Å². The van der Waals surface area contributed by atoms with E-state index in [9.17, 15) is 13.2 Å². The molecule has 0 fully saturated rings. The van der Waals surface area contributed by atoms with Crippen molar-refractivity contribution in [3.05, 3.63) is 88.4 Å². The van der Waals surface area contributed by atoms with Gasteiger partial charge in [0.15, 0.2) is 5.78 Å². The summed E-state index contributed by atoms with van der Waals surface area (Å²) < 4.78 is 23.2. The third-order valence-corrected chi connectivity index (χ3v) is 5.39. The fraction of sp³-hybridized carbons (Fsp3) is 0.0500. The van der Waals surface area contributed by atoms with Crippen molar-refractivity contribution in [2.45, 2.75) is 11.8 Å². The Balaban J connectivity index is 1.94. The van der Waals surface area contributed by atoms with Crippen LogP contribution in [0.4, 0.5) is 0 Å². The van der Waals surface area contributed by atoms with Gasteiger partial charge in [0.05, 0.1) is 5.02 Å². The van der Waals surface area contributed by atoms with Gasteiger partial charge in [0, 0.05) is 11.1 Å². The van der Waals surface area contributed by atoms with E-state index in [4.69, 9.17) is 16.7 Å². The summed E-state index contributed by atoms with van der Waals surface area (Å²) >= 11 is 5.86. The molecule has 3 aromatic carbocycles. The zero-order valence-electron chi connectivity index (χ0n) is 13.9. The van der Waals surface area contributed by atoms with Crippen molar-refractivity contribution in [2.24, 2.45) is 5.14 Å². The molecular formula is C20H16ClNO3S. The fourth-order valence-corrected chi connectivity index (χ4v) is 3.74. The highest BCUT2D eigenvalue weighted by molar-refractivity contribution is 7.89. The van der Waals surface area contributed by atoms with E-state index >= 15 is 0 Å². The molecule has 3 rings (SSSR count). The lowest BCUT2D eigenvalue weighted by molar-refractivity contribution is 0.103. The van der Waals surface area contributed by atoms with Gasteiger partial charge < -0.3 is 0 Å². The first kappa shape index (κ1) is 18.3. The Labute approximate surface area is 157 Å². The van der Waals surface area contributed by atoms with E-state index in [-0.39, 0.29) is 21.3 Å². The molecule has 0 aliphatic heterocycles. The number of carbonyl (C=O) groups excluding carboxylic acids is 1. The first-order valence-corrected chi connectivity index (χ1v) is 9.72. The van der Waals surface area contributed by atoms with Gasteiger partial charge in [0.25, 0.3) is 0 Å². The highest BCUT2D eigenvalue weighted by atomic mass is 35.5. The molecule has 0 spiro atoms. The summed E-state index contributed by atoms with van der Waals surface area (Å²) in [5.74, 6) is -0.303. The summed E-state index contributed by atoms with van der Waals surface area (Å²) in [6.45, 7) is 2.02. The Morgan fingerprint density at radius 1 is 0.885 bits per heavy atom. The zero-order chi connectivity index (χ0) is 18.9. The van der Waals surface area contributed by atoms with Gasteiger partial charge in [-0.1, -0.05) is 65.7 Å². The Kier molecular flexibility index (Phi) is 4.96. The van der Waals surface area contributed by atoms with E-state index in [0.717, 1.165) is 16.7 Å². The summed E-state index contributed by atoms with van der Waals surface area (Å²) in [7, 11) is -4.00. The largest absolute Gasteiger partial charge is 0.289 e. The number of halogens is 1. The number of primary sulfonamides is 1. The van der Waals surface area contributed by atoms with Gasteiger partial charge in [-0.2, -0.15) is 0 Å². The molecule has 0 aromatic heterocycles. The van der Waals surface area contributed by atoms with E-state index < -0.39 is 10.0 Å². The quantitative estimate of drug-likeness (QED) is 0.684. The van der Waals surface area contributed by atoms with Crippen molar-refractivity contribution in [3.8, 4) is 11.1 Å². The molecule has 0 amide bonds. The lowest BCUT2D eigenvalue weighted by Gasteiger charge is -2.07. The molecule has 0 bridgehead atoms. The van der Waals surface area contributed by atoms with E-state index in [1.54, 1.807) is 12.1 Å². The van der Waals surface area contributed by atoms with Gasteiger partial charge in [-0.05, 0) is 36.2 Å². The summed E-state index contributed by atoms with van der Waals surface area (Å²) in [5.41, 5.74) is 3.86. The number of ketones is 1. The lowest BCUT2D eigenvalue weighted by Crippen LogP contribution is -2.14. The van der Waals surface area contributed by atoms with Gasteiger partial charge in [-0.3, -0.25) is 4.79 Å². The van der Waals surface area contributed by atoms with Crippen molar-refractivity contribution in [1.29, 1.82) is 0 Å². The second-order valence-corrected chi connectivity index (χ2v) is 7.90. The number of sulfonamides is 1. The monoisotopic (exact) mass is 385 g/mol. The number of rotatable bonds is 4. The summed E-state index contributed by atoms with van der Waals surface area (Å²) in [6.07, 6.45) is 0. The van der Waals surface area contributed by atoms with Gasteiger partial charge in [0.1, 0.15) is 4.90 Å². The van der Waals surface area contributed by atoms with Crippen LogP contribution in [0.5, 0.6) is 0 Å². The van der Waals surface area contributed by atoms with Crippen LogP contribution in [0.1, 0.15) is 21.5 Å². The highest BCUT2D eigenvalue weighted by Gasteiger charge is 2.17. The molecule has 6 heteroatoms. The first-order valence-electron chi connectivity index (χ1n) is 7.80. The molecule has 0 heterocycles. The fourth-order valence-electron chi connectivity index (χ4n) is 2.67. The average molecular weight is 386 g/mol. The van der Waals surface area contributed by atoms with Crippen LogP contribution >= 0.6 is 11.6 Å². The van der Waals surface area contributed by atoms with E-state index in [1.165, 1.54) is 18.2 Å². The molecule has 0 radical (unpaired) electrons. The minimum absolute atomic E-state index is 0.0150. The molecule has 2 N–H and O–H groups in total.